The van der Waals surface area contributed by atoms with Gasteiger partial charge in [0.15, 0.2) is 12.4 Å². The van der Waals surface area contributed by atoms with Crippen molar-refractivity contribution in [1.82, 2.24) is 5.32 Å². The average Bonchev–Trinajstić information content (AvgIpc) is 2.66. The Morgan fingerprint density at radius 3 is 2.58 bits per heavy atom. The second-order valence-corrected chi connectivity index (χ2v) is 5.87. The highest BCUT2D eigenvalue weighted by molar-refractivity contribution is 5.87. The van der Waals surface area contributed by atoms with Crippen LogP contribution in [0.25, 0.3) is 10.8 Å². The summed E-state index contributed by atoms with van der Waals surface area (Å²) in [5, 5.41) is 16.0. The van der Waals surface area contributed by atoms with Gasteiger partial charge in [-0.3, -0.25) is 14.9 Å². The second-order valence-electron chi connectivity index (χ2n) is 5.87. The number of nitro benzene ring substituents is 1. The highest BCUT2D eigenvalue weighted by Gasteiger charge is 2.16. The molecule has 0 saturated heterocycles. The third-order valence-electron chi connectivity index (χ3n) is 4.09. The highest BCUT2D eigenvalue weighted by atomic mass is 16.6. The first-order valence-electron chi connectivity index (χ1n) is 8.19. The normalized spacial score (nSPS) is 11.7. The van der Waals surface area contributed by atoms with Crippen LogP contribution in [0.2, 0.25) is 0 Å². The zero-order chi connectivity index (χ0) is 18.5. The highest BCUT2D eigenvalue weighted by Crippen LogP contribution is 2.26. The van der Waals surface area contributed by atoms with Crippen LogP contribution in [-0.4, -0.2) is 17.4 Å². The Bertz CT molecular complexity index is 950. The first-order valence-corrected chi connectivity index (χ1v) is 8.19. The van der Waals surface area contributed by atoms with Crippen molar-refractivity contribution in [2.45, 2.75) is 13.0 Å². The smallest absolute Gasteiger partial charge is 0.310 e. The van der Waals surface area contributed by atoms with Crippen molar-refractivity contribution >= 4 is 22.4 Å². The molecular weight excluding hydrogens is 332 g/mol. The number of rotatable bonds is 6. The molecule has 0 spiro atoms. The summed E-state index contributed by atoms with van der Waals surface area (Å²) in [5.74, 6) is -0.269. The Morgan fingerprint density at radius 2 is 1.77 bits per heavy atom. The molecule has 0 bridgehead atoms. The fourth-order valence-electron chi connectivity index (χ4n) is 2.86. The van der Waals surface area contributed by atoms with E-state index in [-0.39, 0.29) is 30.0 Å². The van der Waals surface area contributed by atoms with Crippen LogP contribution in [-0.2, 0) is 4.79 Å². The molecular formula is C20H18N2O4. The molecule has 1 N–H and O–H groups in total. The van der Waals surface area contributed by atoms with Crippen LogP contribution in [0.15, 0.2) is 66.7 Å². The molecule has 1 amide bonds. The molecule has 0 fully saturated rings. The topological polar surface area (TPSA) is 81.5 Å². The van der Waals surface area contributed by atoms with Crippen molar-refractivity contribution in [3.8, 4) is 5.75 Å². The molecule has 0 aliphatic carbocycles. The molecule has 0 aromatic heterocycles. The van der Waals surface area contributed by atoms with Crippen LogP contribution < -0.4 is 10.1 Å². The number of nitrogens with one attached hydrogen (secondary N) is 1. The third-order valence-corrected chi connectivity index (χ3v) is 4.09. The maximum absolute atomic E-state index is 12.2. The molecule has 0 radical (unpaired) electrons. The van der Waals surface area contributed by atoms with Gasteiger partial charge in [0.2, 0.25) is 0 Å². The van der Waals surface area contributed by atoms with Crippen molar-refractivity contribution in [3.05, 3.63) is 82.4 Å². The van der Waals surface area contributed by atoms with Crippen molar-refractivity contribution in [1.29, 1.82) is 0 Å². The monoisotopic (exact) mass is 350 g/mol. The lowest BCUT2D eigenvalue weighted by atomic mass is 10.00. The zero-order valence-corrected chi connectivity index (χ0v) is 14.2. The third kappa shape index (κ3) is 3.80. The van der Waals surface area contributed by atoms with Gasteiger partial charge in [0.1, 0.15) is 0 Å². The van der Waals surface area contributed by atoms with E-state index in [4.69, 9.17) is 4.74 Å². The van der Waals surface area contributed by atoms with E-state index in [1.807, 2.05) is 49.4 Å². The minimum absolute atomic E-state index is 0.0745. The number of carbonyl (C=O) groups is 1. The van der Waals surface area contributed by atoms with E-state index in [0.29, 0.717) is 0 Å². The van der Waals surface area contributed by atoms with Crippen LogP contribution in [0.3, 0.4) is 0 Å². The summed E-state index contributed by atoms with van der Waals surface area (Å²) in [4.78, 5) is 22.7. The number of amides is 1. The summed E-state index contributed by atoms with van der Waals surface area (Å²) >= 11 is 0. The van der Waals surface area contributed by atoms with Gasteiger partial charge in [-0.2, -0.15) is 0 Å². The molecule has 6 nitrogen and oxygen atoms in total. The van der Waals surface area contributed by atoms with Gasteiger partial charge in [0, 0.05) is 6.07 Å². The lowest BCUT2D eigenvalue weighted by molar-refractivity contribution is -0.385. The largest absolute Gasteiger partial charge is 0.477 e. The fraction of sp³-hybridized carbons (Fsp3) is 0.150. The summed E-state index contributed by atoms with van der Waals surface area (Å²) in [6.45, 7) is 1.60. The molecule has 3 aromatic carbocycles. The summed E-state index contributed by atoms with van der Waals surface area (Å²) in [5.41, 5.74) is 0.838. The molecule has 0 aliphatic rings. The first-order chi connectivity index (χ1) is 12.6. The van der Waals surface area contributed by atoms with E-state index in [1.165, 1.54) is 12.1 Å². The number of hydrogen-bond donors (Lipinski definition) is 1. The predicted molar refractivity (Wildman–Crippen MR) is 99.1 cm³/mol. The Morgan fingerprint density at radius 1 is 1.08 bits per heavy atom. The van der Waals surface area contributed by atoms with Gasteiger partial charge in [-0.15, -0.1) is 0 Å². The van der Waals surface area contributed by atoms with Crippen molar-refractivity contribution < 1.29 is 14.5 Å². The maximum Gasteiger partial charge on any atom is 0.310 e. The number of nitrogens with zero attached hydrogens (tertiary/aromatic N) is 1. The summed E-state index contributed by atoms with van der Waals surface area (Å²) in [7, 11) is 0. The standard InChI is InChI=1S/C20H18N2O4/c1-14(16-10-6-8-15-7-2-3-9-17(15)16)21-20(23)13-26-19-12-5-4-11-18(19)22(24)25/h2-12,14H,13H2,1H3,(H,21,23). The number of hydrogen-bond acceptors (Lipinski definition) is 4. The molecule has 6 heteroatoms. The molecule has 1 unspecified atom stereocenters. The molecule has 0 heterocycles. The quantitative estimate of drug-likeness (QED) is 0.538. The number of ether oxygens (including phenoxy) is 1. The molecule has 1 atom stereocenters. The Labute approximate surface area is 150 Å². The Balaban J connectivity index is 1.67. The number of fused-ring (bicyclic) bond motifs is 1. The number of benzene rings is 3. The van der Waals surface area contributed by atoms with Gasteiger partial charge in [0.25, 0.3) is 5.91 Å². The molecule has 132 valence electrons. The summed E-state index contributed by atoms with van der Waals surface area (Å²) in [6, 6.07) is 19.7. The van der Waals surface area contributed by atoms with E-state index >= 15 is 0 Å². The van der Waals surface area contributed by atoms with Crippen molar-refractivity contribution in [2.75, 3.05) is 6.61 Å². The summed E-state index contributed by atoms with van der Waals surface area (Å²) < 4.78 is 5.33. The minimum Gasteiger partial charge on any atom is -0.477 e. The van der Waals surface area contributed by atoms with E-state index in [2.05, 4.69) is 5.32 Å². The van der Waals surface area contributed by atoms with Gasteiger partial charge in [-0.25, -0.2) is 0 Å². The van der Waals surface area contributed by atoms with Gasteiger partial charge in [-0.1, -0.05) is 54.6 Å². The van der Waals surface area contributed by atoms with Crippen molar-refractivity contribution in [3.63, 3.8) is 0 Å². The van der Waals surface area contributed by atoms with Crippen LogP contribution in [0.4, 0.5) is 5.69 Å². The molecule has 0 aliphatic heterocycles. The van der Waals surface area contributed by atoms with Gasteiger partial charge in [-0.05, 0) is 29.3 Å². The van der Waals surface area contributed by atoms with Crippen LogP contribution in [0.1, 0.15) is 18.5 Å². The van der Waals surface area contributed by atoms with E-state index in [9.17, 15) is 14.9 Å². The Kier molecular flexibility index (Phi) is 5.12. The van der Waals surface area contributed by atoms with Gasteiger partial charge < -0.3 is 10.1 Å². The van der Waals surface area contributed by atoms with Gasteiger partial charge in [0.05, 0.1) is 11.0 Å². The average molecular weight is 350 g/mol. The minimum atomic E-state index is -0.536. The molecule has 26 heavy (non-hydrogen) atoms. The molecule has 3 rings (SSSR count). The van der Waals surface area contributed by atoms with Crippen LogP contribution in [0, 0.1) is 10.1 Å². The van der Waals surface area contributed by atoms with Crippen LogP contribution >= 0.6 is 0 Å². The molecule has 3 aromatic rings. The lowest BCUT2D eigenvalue weighted by Crippen LogP contribution is -2.31. The maximum atomic E-state index is 12.2. The number of carbonyl (C=O) groups excluding carboxylic acids is 1. The predicted octanol–water partition coefficient (Wildman–Crippen LogP) is 4.00. The van der Waals surface area contributed by atoms with E-state index in [1.54, 1.807) is 12.1 Å². The summed E-state index contributed by atoms with van der Waals surface area (Å²) in [6.07, 6.45) is 0. The number of para-hydroxylation sites is 2. The van der Waals surface area contributed by atoms with E-state index in [0.717, 1.165) is 16.3 Å². The van der Waals surface area contributed by atoms with Crippen LogP contribution in [0.5, 0.6) is 5.75 Å². The fourth-order valence-corrected chi connectivity index (χ4v) is 2.86. The van der Waals surface area contributed by atoms with E-state index < -0.39 is 4.92 Å². The molecule has 0 saturated carbocycles. The Hall–Kier alpha value is -3.41. The second kappa shape index (κ2) is 7.65. The zero-order valence-electron chi connectivity index (χ0n) is 14.2. The van der Waals surface area contributed by atoms with Gasteiger partial charge >= 0.3 is 5.69 Å². The number of nitro groups is 1. The SMILES string of the molecule is CC(NC(=O)COc1ccccc1[N+](=O)[O-])c1cccc2ccccc12. The first kappa shape index (κ1) is 17.4. The lowest BCUT2D eigenvalue weighted by Gasteiger charge is -2.17. The van der Waals surface area contributed by atoms with Crippen molar-refractivity contribution in [2.24, 2.45) is 0 Å².